The van der Waals surface area contributed by atoms with Crippen molar-refractivity contribution in [3.05, 3.63) is 35.8 Å². The van der Waals surface area contributed by atoms with Gasteiger partial charge >= 0.3 is 0 Å². The molecular weight excluding hydrogens is 254 g/mol. The maximum absolute atomic E-state index is 5.30. The van der Waals surface area contributed by atoms with E-state index in [4.69, 9.17) is 9.15 Å². The number of nitrogens with one attached hydrogen (secondary N) is 2. The summed E-state index contributed by atoms with van der Waals surface area (Å²) in [4.78, 5) is 4.50. The second kappa shape index (κ2) is 8.43. The fourth-order valence-corrected chi connectivity index (χ4v) is 2.04. The van der Waals surface area contributed by atoms with Gasteiger partial charge in [0.25, 0.3) is 0 Å². The number of nitrogens with zero attached hydrogens (tertiary/aromatic N) is 1. The zero-order valence-electron chi connectivity index (χ0n) is 12.0. The highest BCUT2D eigenvalue weighted by Gasteiger charge is 2.04. The van der Waals surface area contributed by atoms with Crippen LogP contribution < -0.4 is 10.6 Å². The Balaban J connectivity index is 1.76. The van der Waals surface area contributed by atoms with Gasteiger partial charge in [0.15, 0.2) is 5.96 Å². The average molecular weight is 277 g/mol. The van der Waals surface area contributed by atoms with Crippen molar-refractivity contribution >= 4 is 5.96 Å². The molecule has 1 aromatic heterocycles. The van der Waals surface area contributed by atoms with Gasteiger partial charge in [-0.3, -0.25) is 0 Å². The van der Waals surface area contributed by atoms with Crippen LogP contribution in [0.2, 0.25) is 0 Å². The van der Waals surface area contributed by atoms with Crippen molar-refractivity contribution in [2.24, 2.45) is 4.99 Å². The lowest BCUT2D eigenvalue weighted by atomic mass is 10.1. The topological polar surface area (TPSA) is 58.8 Å². The number of guanidine groups is 1. The summed E-state index contributed by atoms with van der Waals surface area (Å²) in [5.41, 5.74) is 1.46. The van der Waals surface area contributed by atoms with Gasteiger partial charge in [-0.1, -0.05) is 11.6 Å². The minimum Gasteiger partial charge on any atom is -0.467 e. The molecule has 0 radical (unpaired) electrons. The van der Waals surface area contributed by atoms with Crippen molar-refractivity contribution in [2.45, 2.75) is 26.3 Å². The smallest absolute Gasteiger partial charge is 0.191 e. The third-order valence-corrected chi connectivity index (χ3v) is 3.11. The molecule has 1 aliphatic heterocycles. The Kier molecular flexibility index (Phi) is 6.17. The number of aliphatic imine (C=N–C) groups is 1. The van der Waals surface area contributed by atoms with Crippen LogP contribution in [-0.2, 0) is 11.3 Å². The molecule has 0 aromatic carbocycles. The van der Waals surface area contributed by atoms with Gasteiger partial charge in [-0.15, -0.1) is 0 Å². The lowest BCUT2D eigenvalue weighted by molar-refractivity contribution is 0.153. The molecule has 0 amide bonds. The van der Waals surface area contributed by atoms with Crippen LogP contribution in [0.25, 0.3) is 0 Å². The van der Waals surface area contributed by atoms with E-state index in [1.807, 2.05) is 12.1 Å². The van der Waals surface area contributed by atoms with Gasteiger partial charge in [-0.2, -0.15) is 0 Å². The van der Waals surface area contributed by atoms with Crippen molar-refractivity contribution in [2.75, 3.05) is 26.3 Å². The molecule has 0 bridgehead atoms. The summed E-state index contributed by atoms with van der Waals surface area (Å²) in [5, 5.41) is 6.58. The van der Waals surface area contributed by atoms with Crippen molar-refractivity contribution in [3.63, 3.8) is 0 Å². The monoisotopic (exact) mass is 277 g/mol. The second-order valence-electron chi connectivity index (χ2n) is 4.64. The van der Waals surface area contributed by atoms with Crippen molar-refractivity contribution < 1.29 is 9.15 Å². The average Bonchev–Trinajstić information content (AvgIpc) is 2.99. The molecule has 0 fully saturated rings. The largest absolute Gasteiger partial charge is 0.467 e. The number of hydrogen-bond acceptors (Lipinski definition) is 3. The fraction of sp³-hybridized carbons (Fsp3) is 0.533. The van der Waals surface area contributed by atoms with Gasteiger partial charge in [0.1, 0.15) is 12.3 Å². The Hall–Kier alpha value is -1.75. The normalized spacial score (nSPS) is 15.8. The zero-order chi connectivity index (χ0) is 14.0. The van der Waals surface area contributed by atoms with E-state index in [1.165, 1.54) is 5.57 Å². The lowest BCUT2D eigenvalue weighted by Crippen LogP contribution is -2.37. The summed E-state index contributed by atoms with van der Waals surface area (Å²) in [6, 6.07) is 3.81. The van der Waals surface area contributed by atoms with Gasteiger partial charge < -0.3 is 19.8 Å². The minimum atomic E-state index is 0.554. The Bertz CT molecular complexity index is 438. The first-order chi connectivity index (χ1) is 9.88. The maximum Gasteiger partial charge on any atom is 0.191 e. The van der Waals surface area contributed by atoms with Gasteiger partial charge in [0.05, 0.1) is 19.5 Å². The number of hydrogen-bond donors (Lipinski definition) is 2. The van der Waals surface area contributed by atoms with Crippen LogP contribution >= 0.6 is 0 Å². The lowest BCUT2D eigenvalue weighted by Gasteiger charge is -2.15. The molecular formula is C15H23N3O2. The Labute approximate surface area is 120 Å². The van der Waals surface area contributed by atoms with E-state index in [9.17, 15) is 0 Å². The Morgan fingerprint density at radius 1 is 1.40 bits per heavy atom. The van der Waals surface area contributed by atoms with Gasteiger partial charge in [-0.25, -0.2) is 4.99 Å². The number of ether oxygens (including phenoxy) is 1. The Morgan fingerprint density at radius 2 is 2.35 bits per heavy atom. The standard InChI is InChI=1S/C15H23N3O2/c1-2-16-15(18-12-14-4-3-9-20-14)17-8-5-13-6-10-19-11-7-13/h3-4,6,9H,2,5,7-8,10-12H2,1H3,(H2,16,17,18). The molecule has 2 N–H and O–H groups in total. The van der Waals surface area contributed by atoms with E-state index in [2.05, 4.69) is 28.6 Å². The van der Waals surface area contributed by atoms with E-state index in [-0.39, 0.29) is 0 Å². The van der Waals surface area contributed by atoms with E-state index >= 15 is 0 Å². The molecule has 5 nitrogen and oxygen atoms in total. The molecule has 0 saturated heterocycles. The molecule has 0 spiro atoms. The summed E-state index contributed by atoms with van der Waals surface area (Å²) in [6.45, 7) is 5.95. The van der Waals surface area contributed by atoms with Crippen LogP contribution in [0.15, 0.2) is 39.5 Å². The van der Waals surface area contributed by atoms with Crippen LogP contribution in [0.5, 0.6) is 0 Å². The molecule has 110 valence electrons. The molecule has 1 aliphatic rings. The molecule has 20 heavy (non-hydrogen) atoms. The van der Waals surface area contributed by atoms with Gasteiger partial charge in [-0.05, 0) is 31.9 Å². The number of rotatable bonds is 6. The number of furan rings is 1. The highest BCUT2D eigenvalue weighted by atomic mass is 16.5. The van der Waals surface area contributed by atoms with Crippen molar-refractivity contribution in [3.8, 4) is 0 Å². The van der Waals surface area contributed by atoms with Crippen LogP contribution in [-0.4, -0.2) is 32.3 Å². The predicted octanol–water partition coefficient (Wildman–Crippen LogP) is 2.07. The molecule has 2 heterocycles. The predicted molar refractivity (Wildman–Crippen MR) is 79.7 cm³/mol. The molecule has 0 aliphatic carbocycles. The SMILES string of the molecule is CCNC(=NCc1ccco1)NCCC1=CCOCC1. The summed E-state index contributed by atoms with van der Waals surface area (Å²) in [7, 11) is 0. The third-order valence-electron chi connectivity index (χ3n) is 3.11. The highest BCUT2D eigenvalue weighted by molar-refractivity contribution is 5.79. The summed E-state index contributed by atoms with van der Waals surface area (Å²) in [6.07, 6.45) is 5.93. The van der Waals surface area contributed by atoms with E-state index in [1.54, 1.807) is 6.26 Å². The maximum atomic E-state index is 5.30. The van der Waals surface area contributed by atoms with Gasteiger partial charge in [0, 0.05) is 13.1 Å². The fourth-order valence-electron chi connectivity index (χ4n) is 2.04. The van der Waals surface area contributed by atoms with Crippen molar-refractivity contribution in [1.29, 1.82) is 0 Å². The van der Waals surface area contributed by atoms with Crippen LogP contribution in [0, 0.1) is 0 Å². The van der Waals surface area contributed by atoms with Gasteiger partial charge in [0.2, 0.25) is 0 Å². The molecule has 2 rings (SSSR count). The van der Waals surface area contributed by atoms with Crippen LogP contribution in [0.3, 0.4) is 0 Å². The van der Waals surface area contributed by atoms with E-state index in [0.29, 0.717) is 6.54 Å². The second-order valence-corrected chi connectivity index (χ2v) is 4.64. The summed E-state index contributed by atoms with van der Waals surface area (Å²) < 4.78 is 10.6. The third kappa shape index (κ3) is 5.09. The first kappa shape index (κ1) is 14.7. The molecule has 0 atom stereocenters. The Morgan fingerprint density at radius 3 is 3.05 bits per heavy atom. The first-order valence-corrected chi connectivity index (χ1v) is 7.18. The van der Waals surface area contributed by atoms with E-state index < -0.39 is 0 Å². The quantitative estimate of drug-likeness (QED) is 0.475. The summed E-state index contributed by atoms with van der Waals surface area (Å²) >= 11 is 0. The first-order valence-electron chi connectivity index (χ1n) is 7.18. The summed E-state index contributed by atoms with van der Waals surface area (Å²) in [5.74, 6) is 1.70. The highest BCUT2D eigenvalue weighted by Crippen LogP contribution is 2.10. The zero-order valence-corrected chi connectivity index (χ0v) is 12.0. The minimum absolute atomic E-state index is 0.554. The van der Waals surface area contributed by atoms with Crippen LogP contribution in [0.4, 0.5) is 0 Å². The molecule has 1 aromatic rings. The van der Waals surface area contributed by atoms with Crippen molar-refractivity contribution in [1.82, 2.24) is 10.6 Å². The van der Waals surface area contributed by atoms with Crippen LogP contribution in [0.1, 0.15) is 25.5 Å². The molecule has 0 saturated carbocycles. The molecule has 5 heteroatoms. The molecule has 0 unspecified atom stereocenters. The van der Waals surface area contributed by atoms with E-state index in [0.717, 1.165) is 50.9 Å².